The fraction of sp³-hybridized carbons (Fsp3) is 0.222. The molecule has 2 aliphatic carbocycles. The number of allylic oxidation sites excluding steroid dienone is 2. The molecule has 1 nitrogen and oxygen atoms in total. The third-order valence-corrected chi connectivity index (χ3v) is 4.14. The smallest absolute Gasteiger partial charge is 0.0494 e. The number of benzene rings is 1. The molecule has 94 valence electrons. The lowest BCUT2D eigenvalue weighted by molar-refractivity contribution is 0.868. The Morgan fingerprint density at radius 2 is 1.63 bits per heavy atom. The largest absolute Gasteiger partial charge is 0.313 e. The van der Waals surface area contributed by atoms with Gasteiger partial charge in [0.05, 0.1) is 0 Å². The van der Waals surface area contributed by atoms with Crippen molar-refractivity contribution in [3.8, 4) is 5.69 Å². The van der Waals surface area contributed by atoms with Crippen LogP contribution in [0.5, 0.6) is 0 Å². The lowest BCUT2D eigenvalue weighted by Crippen LogP contribution is -2.04. The van der Waals surface area contributed by atoms with E-state index in [2.05, 4.69) is 59.2 Å². The third-order valence-electron chi connectivity index (χ3n) is 4.14. The maximum atomic E-state index is 2.46. The molecule has 0 radical (unpaired) electrons. The van der Waals surface area contributed by atoms with Crippen LogP contribution in [0.3, 0.4) is 0 Å². The normalized spacial score (nSPS) is 16.2. The van der Waals surface area contributed by atoms with Crippen LogP contribution in [0.4, 0.5) is 0 Å². The Balaban J connectivity index is 2.03. The van der Waals surface area contributed by atoms with Crippen molar-refractivity contribution in [1.82, 2.24) is 4.57 Å². The van der Waals surface area contributed by atoms with Gasteiger partial charge in [0.25, 0.3) is 0 Å². The van der Waals surface area contributed by atoms with Crippen LogP contribution in [0.25, 0.3) is 17.8 Å². The van der Waals surface area contributed by atoms with E-state index in [4.69, 9.17) is 0 Å². The van der Waals surface area contributed by atoms with Gasteiger partial charge in [0.1, 0.15) is 0 Å². The number of hydrogen-bond donors (Lipinski definition) is 0. The second-order valence-corrected chi connectivity index (χ2v) is 5.28. The van der Waals surface area contributed by atoms with Gasteiger partial charge in [-0.25, -0.2) is 0 Å². The molecule has 0 bridgehead atoms. The van der Waals surface area contributed by atoms with Gasteiger partial charge < -0.3 is 4.57 Å². The lowest BCUT2D eigenvalue weighted by Gasteiger charge is -2.14. The van der Waals surface area contributed by atoms with Crippen LogP contribution >= 0.6 is 0 Å². The maximum Gasteiger partial charge on any atom is 0.0494 e. The van der Waals surface area contributed by atoms with E-state index >= 15 is 0 Å². The standard InChI is InChI=1S/C18H17N/c1-2-8-14(9-3-1)19-17-12-6-4-10-15(17)16-11-5-7-13-18(16)19/h1-4,7-10,13H,5-6,11-12H2. The van der Waals surface area contributed by atoms with Crippen LogP contribution in [-0.2, 0) is 12.8 Å². The molecular formula is C18H17N. The van der Waals surface area contributed by atoms with Crippen molar-refractivity contribution >= 4 is 12.2 Å². The summed E-state index contributed by atoms with van der Waals surface area (Å²) in [6, 6.07) is 10.8. The number of nitrogens with zero attached hydrogens (tertiary/aromatic N) is 1. The number of hydrogen-bond acceptors (Lipinski definition) is 0. The first-order chi connectivity index (χ1) is 9.45. The molecule has 0 amide bonds. The molecule has 0 aliphatic heterocycles. The van der Waals surface area contributed by atoms with Crippen LogP contribution < -0.4 is 0 Å². The number of rotatable bonds is 1. The van der Waals surface area contributed by atoms with Crippen LogP contribution in [-0.4, -0.2) is 4.57 Å². The number of fused-ring (bicyclic) bond motifs is 3. The van der Waals surface area contributed by atoms with Crippen molar-refractivity contribution in [2.45, 2.75) is 25.7 Å². The minimum atomic E-state index is 1.15. The summed E-state index contributed by atoms with van der Waals surface area (Å²) in [6.45, 7) is 0. The molecule has 4 rings (SSSR count). The summed E-state index contributed by atoms with van der Waals surface area (Å²) in [5, 5.41) is 0. The molecular weight excluding hydrogens is 230 g/mol. The summed E-state index contributed by atoms with van der Waals surface area (Å²) in [5.74, 6) is 0. The fourth-order valence-corrected chi connectivity index (χ4v) is 3.31. The molecule has 0 atom stereocenters. The fourth-order valence-electron chi connectivity index (χ4n) is 3.31. The van der Waals surface area contributed by atoms with Crippen LogP contribution in [0.15, 0.2) is 42.5 Å². The molecule has 1 aromatic carbocycles. The van der Waals surface area contributed by atoms with Crippen molar-refractivity contribution in [1.29, 1.82) is 0 Å². The van der Waals surface area contributed by atoms with Gasteiger partial charge in [-0.05, 0) is 55.0 Å². The molecule has 0 unspecified atom stereocenters. The summed E-state index contributed by atoms with van der Waals surface area (Å²) in [4.78, 5) is 0. The van der Waals surface area contributed by atoms with Crippen molar-refractivity contribution in [2.75, 3.05) is 0 Å². The van der Waals surface area contributed by atoms with E-state index in [1.54, 1.807) is 0 Å². The average Bonchev–Trinajstić information content (AvgIpc) is 2.83. The first kappa shape index (κ1) is 10.9. The third kappa shape index (κ3) is 1.61. The molecule has 0 saturated heterocycles. The Bertz CT molecular complexity index is 671. The Hall–Kier alpha value is -2.02. The van der Waals surface area contributed by atoms with Crippen molar-refractivity contribution in [3.63, 3.8) is 0 Å². The van der Waals surface area contributed by atoms with Crippen LogP contribution in [0.1, 0.15) is 35.4 Å². The Kier molecular flexibility index (Phi) is 2.44. The van der Waals surface area contributed by atoms with E-state index in [0.29, 0.717) is 0 Å². The van der Waals surface area contributed by atoms with Crippen molar-refractivity contribution in [3.05, 3.63) is 65.0 Å². The van der Waals surface area contributed by atoms with Crippen LogP contribution in [0.2, 0.25) is 0 Å². The monoisotopic (exact) mass is 247 g/mol. The molecule has 0 N–H and O–H groups in total. The van der Waals surface area contributed by atoms with Gasteiger partial charge in [0.2, 0.25) is 0 Å². The lowest BCUT2D eigenvalue weighted by atomic mass is 9.96. The molecule has 0 spiro atoms. The maximum absolute atomic E-state index is 2.46. The van der Waals surface area contributed by atoms with E-state index in [1.807, 2.05) is 0 Å². The minimum absolute atomic E-state index is 1.15. The summed E-state index contributed by atoms with van der Waals surface area (Å²) in [5.41, 5.74) is 7.20. The Morgan fingerprint density at radius 1 is 0.842 bits per heavy atom. The highest BCUT2D eigenvalue weighted by Gasteiger charge is 2.22. The van der Waals surface area contributed by atoms with E-state index in [1.165, 1.54) is 41.0 Å². The van der Waals surface area contributed by atoms with E-state index in [0.717, 1.165) is 12.8 Å². The molecule has 0 saturated carbocycles. The molecule has 1 heteroatoms. The van der Waals surface area contributed by atoms with Gasteiger partial charge in [0.15, 0.2) is 0 Å². The SMILES string of the molecule is C1=Cc2c(c3c(n2-c2ccccc2)CCC=C3)CC1. The zero-order valence-electron chi connectivity index (χ0n) is 11.0. The minimum Gasteiger partial charge on any atom is -0.313 e. The Labute approximate surface area is 113 Å². The number of aromatic nitrogens is 1. The topological polar surface area (TPSA) is 4.93 Å². The highest BCUT2D eigenvalue weighted by molar-refractivity contribution is 5.70. The van der Waals surface area contributed by atoms with Gasteiger partial charge in [-0.2, -0.15) is 0 Å². The number of para-hydroxylation sites is 1. The van der Waals surface area contributed by atoms with E-state index in [-0.39, 0.29) is 0 Å². The van der Waals surface area contributed by atoms with Gasteiger partial charge in [-0.3, -0.25) is 0 Å². The second-order valence-electron chi connectivity index (χ2n) is 5.28. The van der Waals surface area contributed by atoms with Gasteiger partial charge in [-0.1, -0.05) is 36.4 Å². The molecule has 19 heavy (non-hydrogen) atoms. The second kappa shape index (κ2) is 4.27. The quantitative estimate of drug-likeness (QED) is 0.704. The zero-order valence-corrected chi connectivity index (χ0v) is 11.0. The summed E-state index contributed by atoms with van der Waals surface area (Å²) >= 11 is 0. The molecule has 1 aromatic heterocycles. The summed E-state index contributed by atoms with van der Waals surface area (Å²) in [6.07, 6.45) is 13.9. The summed E-state index contributed by atoms with van der Waals surface area (Å²) in [7, 11) is 0. The van der Waals surface area contributed by atoms with E-state index < -0.39 is 0 Å². The van der Waals surface area contributed by atoms with Gasteiger partial charge >= 0.3 is 0 Å². The highest BCUT2D eigenvalue weighted by atomic mass is 15.0. The first-order valence-corrected chi connectivity index (χ1v) is 7.10. The van der Waals surface area contributed by atoms with Gasteiger partial charge in [-0.15, -0.1) is 0 Å². The predicted octanol–water partition coefficient (Wildman–Crippen LogP) is 4.40. The molecule has 2 aliphatic rings. The van der Waals surface area contributed by atoms with Crippen molar-refractivity contribution < 1.29 is 0 Å². The predicted molar refractivity (Wildman–Crippen MR) is 80.5 cm³/mol. The van der Waals surface area contributed by atoms with Crippen molar-refractivity contribution in [2.24, 2.45) is 0 Å². The summed E-state index contributed by atoms with van der Waals surface area (Å²) < 4.78 is 2.46. The zero-order chi connectivity index (χ0) is 12.7. The van der Waals surface area contributed by atoms with Crippen LogP contribution in [0, 0.1) is 0 Å². The van der Waals surface area contributed by atoms with Gasteiger partial charge in [0, 0.05) is 17.1 Å². The van der Waals surface area contributed by atoms with E-state index in [9.17, 15) is 0 Å². The first-order valence-electron chi connectivity index (χ1n) is 7.10. The molecule has 1 heterocycles. The highest BCUT2D eigenvalue weighted by Crippen LogP contribution is 2.35. The molecule has 0 fully saturated rings. The Morgan fingerprint density at radius 3 is 2.53 bits per heavy atom. The average molecular weight is 247 g/mol. The molecule has 2 aromatic rings.